The van der Waals surface area contributed by atoms with Crippen molar-refractivity contribution in [1.82, 2.24) is 5.32 Å². The summed E-state index contributed by atoms with van der Waals surface area (Å²) in [5, 5.41) is 3.34. The van der Waals surface area contributed by atoms with Gasteiger partial charge in [-0.15, -0.1) is 0 Å². The predicted octanol–water partition coefficient (Wildman–Crippen LogP) is 3.33. The highest BCUT2D eigenvalue weighted by molar-refractivity contribution is 9.10. The summed E-state index contributed by atoms with van der Waals surface area (Å²) in [6.45, 7) is 2.55. The van der Waals surface area contributed by atoms with Gasteiger partial charge in [-0.05, 0) is 29.7 Å². The zero-order valence-corrected chi connectivity index (χ0v) is 13.6. The predicted molar refractivity (Wildman–Crippen MR) is 88.6 cm³/mol. The molecule has 1 amide bonds. The molecule has 4 heteroatoms. The smallest absolute Gasteiger partial charge is 0.242 e. The van der Waals surface area contributed by atoms with Crippen LogP contribution in [0.1, 0.15) is 24.5 Å². The SMILES string of the molecule is CCC(NCc1ccccc1)(C(N)=O)c1ccc(Br)cc1. The van der Waals surface area contributed by atoms with E-state index in [0.717, 1.165) is 15.6 Å². The Balaban J connectivity index is 2.29. The maximum absolute atomic E-state index is 12.1. The number of nitrogens with two attached hydrogens (primary N) is 1. The second-order valence-corrected chi connectivity index (χ2v) is 5.88. The molecule has 21 heavy (non-hydrogen) atoms. The number of hydrogen-bond donors (Lipinski definition) is 2. The van der Waals surface area contributed by atoms with Crippen LogP contribution < -0.4 is 11.1 Å². The zero-order valence-electron chi connectivity index (χ0n) is 12.0. The normalized spacial score (nSPS) is 13.6. The summed E-state index contributed by atoms with van der Waals surface area (Å²) in [5.74, 6) is -0.358. The molecule has 0 heterocycles. The summed E-state index contributed by atoms with van der Waals surface area (Å²) in [6.07, 6.45) is 0.594. The molecule has 0 bridgehead atoms. The fourth-order valence-corrected chi connectivity index (χ4v) is 2.68. The first-order valence-corrected chi connectivity index (χ1v) is 7.72. The Morgan fingerprint density at radius 1 is 1.14 bits per heavy atom. The minimum atomic E-state index is -0.851. The van der Waals surface area contributed by atoms with Gasteiger partial charge in [-0.3, -0.25) is 10.1 Å². The summed E-state index contributed by atoms with van der Waals surface area (Å²) in [5.41, 5.74) is 6.86. The Morgan fingerprint density at radius 2 is 1.76 bits per heavy atom. The molecule has 2 aromatic carbocycles. The van der Waals surface area contributed by atoms with Gasteiger partial charge in [0, 0.05) is 11.0 Å². The van der Waals surface area contributed by atoms with Gasteiger partial charge in [-0.2, -0.15) is 0 Å². The summed E-state index contributed by atoms with van der Waals surface area (Å²) in [4.78, 5) is 12.1. The molecule has 0 aliphatic rings. The van der Waals surface area contributed by atoms with Crippen molar-refractivity contribution in [2.45, 2.75) is 25.4 Å². The van der Waals surface area contributed by atoms with Gasteiger partial charge < -0.3 is 5.73 Å². The van der Waals surface area contributed by atoms with Crippen molar-refractivity contribution >= 4 is 21.8 Å². The molecule has 0 aliphatic carbocycles. The molecule has 0 aliphatic heterocycles. The third-order valence-corrected chi connectivity index (χ3v) is 4.25. The molecular weight excluding hydrogens is 328 g/mol. The molecule has 0 fully saturated rings. The number of hydrogen-bond acceptors (Lipinski definition) is 2. The van der Waals surface area contributed by atoms with E-state index in [9.17, 15) is 4.79 Å². The number of carbonyl (C=O) groups is 1. The van der Waals surface area contributed by atoms with E-state index in [1.54, 1.807) is 0 Å². The van der Waals surface area contributed by atoms with Gasteiger partial charge in [0.2, 0.25) is 5.91 Å². The van der Waals surface area contributed by atoms with Crippen LogP contribution in [-0.4, -0.2) is 5.91 Å². The fraction of sp³-hybridized carbons (Fsp3) is 0.235. The van der Waals surface area contributed by atoms with Crippen LogP contribution in [0, 0.1) is 0 Å². The first-order chi connectivity index (χ1) is 10.1. The summed E-state index contributed by atoms with van der Waals surface area (Å²) in [6, 6.07) is 17.7. The lowest BCUT2D eigenvalue weighted by Gasteiger charge is -2.31. The van der Waals surface area contributed by atoms with E-state index in [1.165, 1.54) is 0 Å². The topological polar surface area (TPSA) is 55.1 Å². The van der Waals surface area contributed by atoms with Crippen molar-refractivity contribution in [3.05, 3.63) is 70.2 Å². The Labute approximate surface area is 133 Å². The van der Waals surface area contributed by atoms with Crippen molar-refractivity contribution in [3.8, 4) is 0 Å². The second-order valence-electron chi connectivity index (χ2n) is 4.97. The number of rotatable bonds is 6. The molecule has 1 unspecified atom stereocenters. The van der Waals surface area contributed by atoms with E-state index in [-0.39, 0.29) is 5.91 Å². The number of benzene rings is 2. The molecule has 0 spiro atoms. The van der Waals surface area contributed by atoms with Gasteiger partial charge in [0.1, 0.15) is 5.54 Å². The fourth-order valence-electron chi connectivity index (χ4n) is 2.42. The highest BCUT2D eigenvalue weighted by atomic mass is 79.9. The van der Waals surface area contributed by atoms with Gasteiger partial charge >= 0.3 is 0 Å². The first kappa shape index (κ1) is 15.7. The van der Waals surface area contributed by atoms with Crippen LogP contribution in [0.25, 0.3) is 0 Å². The number of nitrogens with one attached hydrogen (secondary N) is 1. The van der Waals surface area contributed by atoms with E-state index >= 15 is 0 Å². The number of halogens is 1. The van der Waals surface area contributed by atoms with E-state index in [1.807, 2.05) is 61.5 Å². The largest absolute Gasteiger partial charge is 0.368 e. The quantitative estimate of drug-likeness (QED) is 0.842. The van der Waals surface area contributed by atoms with Gasteiger partial charge in [-0.1, -0.05) is 65.3 Å². The average molecular weight is 347 g/mol. The summed E-state index contributed by atoms with van der Waals surface area (Å²) >= 11 is 3.41. The number of amides is 1. The first-order valence-electron chi connectivity index (χ1n) is 6.93. The number of primary amides is 1. The molecule has 3 N–H and O–H groups in total. The Hall–Kier alpha value is -1.65. The average Bonchev–Trinajstić information content (AvgIpc) is 2.50. The molecule has 2 aromatic rings. The van der Waals surface area contributed by atoms with Crippen LogP contribution in [-0.2, 0) is 16.9 Å². The zero-order chi connectivity index (χ0) is 15.3. The summed E-state index contributed by atoms with van der Waals surface area (Å²) < 4.78 is 0.976. The third-order valence-electron chi connectivity index (χ3n) is 3.73. The van der Waals surface area contributed by atoms with Gasteiger partial charge in [0.15, 0.2) is 0 Å². The van der Waals surface area contributed by atoms with Crippen molar-refractivity contribution in [2.75, 3.05) is 0 Å². The molecule has 2 rings (SSSR count). The Morgan fingerprint density at radius 3 is 2.29 bits per heavy atom. The lowest BCUT2D eigenvalue weighted by molar-refractivity contribution is -0.125. The van der Waals surface area contributed by atoms with Crippen molar-refractivity contribution in [2.24, 2.45) is 5.73 Å². The van der Waals surface area contributed by atoms with Crippen LogP contribution in [0.4, 0.5) is 0 Å². The van der Waals surface area contributed by atoms with Gasteiger partial charge in [-0.25, -0.2) is 0 Å². The van der Waals surface area contributed by atoms with Crippen LogP contribution in [0.5, 0.6) is 0 Å². The van der Waals surface area contributed by atoms with Crippen molar-refractivity contribution in [3.63, 3.8) is 0 Å². The van der Waals surface area contributed by atoms with E-state index in [0.29, 0.717) is 13.0 Å². The summed E-state index contributed by atoms with van der Waals surface area (Å²) in [7, 11) is 0. The standard InChI is InChI=1S/C17H19BrN2O/c1-2-17(16(19)21,14-8-10-15(18)11-9-14)20-12-13-6-4-3-5-7-13/h3-11,20H,2,12H2,1H3,(H2,19,21). The Bertz CT molecular complexity index is 598. The van der Waals surface area contributed by atoms with Crippen LogP contribution in [0.15, 0.2) is 59.1 Å². The molecule has 0 saturated carbocycles. The minimum Gasteiger partial charge on any atom is -0.368 e. The Kier molecular flexibility index (Phi) is 5.15. The molecule has 1 atom stereocenters. The molecule has 0 saturated heterocycles. The molecule has 0 aromatic heterocycles. The third kappa shape index (κ3) is 3.52. The highest BCUT2D eigenvalue weighted by Gasteiger charge is 2.36. The molecule has 0 radical (unpaired) electrons. The van der Waals surface area contributed by atoms with Gasteiger partial charge in [0.05, 0.1) is 0 Å². The van der Waals surface area contributed by atoms with E-state index in [4.69, 9.17) is 5.73 Å². The minimum absolute atomic E-state index is 0.358. The monoisotopic (exact) mass is 346 g/mol. The number of carbonyl (C=O) groups excluding carboxylic acids is 1. The van der Waals surface area contributed by atoms with E-state index < -0.39 is 5.54 Å². The molecule has 3 nitrogen and oxygen atoms in total. The maximum Gasteiger partial charge on any atom is 0.242 e. The van der Waals surface area contributed by atoms with E-state index in [2.05, 4.69) is 21.2 Å². The van der Waals surface area contributed by atoms with Crippen LogP contribution in [0.2, 0.25) is 0 Å². The lowest BCUT2D eigenvalue weighted by Crippen LogP contribution is -2.52. The van der Waals surface area contributed by atoms with Crippen LogP contribution in [0.3, 0.4) is 0 Å². The highest BCUT2D eigenvalue weighted by Crippen LogP contribution is 2.27. The lowest BCUT2D eigenvalue weighted by atomic mass is 9.86. The molecule has 110 valence electrons. The van der Waals surface area contributed by atoms with Crippen molar-refractivity contribution < 1.29 is 4.79 Å². The second kappa shape index (κ2) is 6.87. The maximum atomic E-state index is 12.1. The van der Waals surface area contributed by atoms with Crippen molar-refractivity contribution in [1.29, 1.82) is 0 Å². The van der Waals surface area contributed by atoms with Gasteiger partial charge in [0.25, 0.3) is 0 Å². The van der Waals surface area contributed by atoms with Crippen LogP contribution >= 0.6 is 15.9 Å². The molecular formula is C17H19BrN2O.